The Labute approximate surface area is 132 Å². The number of benzene rings is 1. The Morgan fingerprint density at radius 1 is 1.35 bits per heavy atom. The van der Waals surface area contributed by atoms with Crippen LogP contribution in [0.4, 0.5) is 0 Å². The number of β-amino-alcohol motifs (C(OH)–C–C–N with tert-alkyl or cyclic N) is 1. The highest BCUT2D eigenvalue weighted by molar-refractivity contribution is 9.10. The summed E-state index contributed by atoms with van der Waals surface area (Å²) in [7, 11) is 0. The molecule has 0 amide bonds. The Kier molecular flexibility index (Phi) is 6.68. The summed E-state index contributed by atoms with van der Waals surface area (Å²) in [5.41, 5.74) is 1.34. The Bertz CT molecular complexity index is 490. The first-order valence-electron chi connectivity index (χ1n) is 6.14. The molecule has 1 unspecified atom stereocenters. The maximum absolute atomic E-state index is 10.8. The number of hydrogen-bond acceptors (Lipinski definition) is 3. The third-order valence-corrected chi connectivity index (χ3v) is 3.78. The van der Waals surface area contributed by atoms with Gasteiger partial charge in [0.05, 0.1) is 6.10 Å². The van der Waals surface area contributed by atoms with Crippen LogP contribution in [0.25, 0.3) is 0 Å². The smallest absolute Gasteiger partial charge is 0.331 e. The van der Waals surface area contributed by atoms with Crippen molar-refractivity contribution in [1.82, 2.24) is 4.90 Å². The van der Waals surface area contributed by atoms with Gasteiger partial charge in [-0.15, -0.1) is 12.4 Å². The fraction of sp³-hybridized carbons (Fsp3) is 0.357. The maximum Gasteiger partial charge on any atom is 0.331 e. The quantitative estimate of drug-likeness (QED) is 0.864. The summed E-state index contributed by atoms with van der Waals surface area (Å²) in [4.78, 5) is 12.9. The molecule has 2 rings (SSSR count). The minimum atomic E-state index is -0.840. The molecular weight excluding hydrogens is 346 g/mol. The third kappa shape index (κ3) is 4.59. The molecule has 1 aliphatic heterocycles. The molecule has 0 aliphatic carbocycles. The summed E-state index contributed by atoms with van der Waals surface area (Å²) >= 11 is 3.36. The summed E-state index contributed by atoms with van der Waals surface area (Å²) in [5.74, 6) is -0.840. The van der Waals surface area contributed by atoms with Gasteiger partial charge in [0.1, 0.15) is 0 Å². The SMILES string of the molecule is Cl.O=C(O)C1=CCN(CC(O)c2ccc(Br)cc2)CC1. The summed E-state index contributed by atoms with van der Waals surface area (Å²) < 4.78 is 0.982. The lowest BCUT2D eigenvalue weighted by Gasteiger charge is -2.27. The lowest BCUT2D eigenvalue weighted by molar-refractivity contribution is -0.133. The normalized spacial score (nSPS) is 17.0. The van der Waals surface area contributed by atoms with Crippen molar-refractivity contribution >= 4 is 34.3 Å². The number of aliphatic carboxylic acids is 1. The van der Waals surface area contributed by atoms with Crippen LogP contribution in [-0.4, -0.2) is 40.7 Å². The summed E-state index contributed by atoms with van der Waals surface area (Å²) in [6.45, 7) is 1.77. The Hall–Kier alpha value is -0.880. The van der Waals surface area contributed by atoms with Crippen molar-refractivity contribution in [2.75, 3.05) is 19.6 Å². The van der Waals surface area contributed by atoms with Crippen molar-refractivity contribution in [2.45, 2.75) is 12.5 Å². The molecule has 1 aromatic rings. The molecule has 4 nitrogen and oxygen atoms in total. The number of nitrogens with zero attached hydrogens (tertiary/aromatic N) is 1. The van der Waals surface area contributed by atoms with Crippen LogP contribution in [-0.2, 0) is 4.79 Å². The number of rotatable bonds is 4. The van der Waals surface area contributed by atoms with Gasteiger partial charge in [0, 0.05) is 29.7 Å². The van der Waals surface area contributed by atoms with Gasteiger partial charge in [0.15, 0.2) is 0 Å². The van der Waals surface area contributed by atoms with Crippen molar-refractivity contribution in [3.8, 4) is 0 Å². The first-order valence-corrected chi connectivity index (χ1v) is 6.94. The van der Waals surface area contributed by atoms with E-state index in [9.17, 15) is 9.90 Å². The fourth-order valence-corrected chi connectivity index (χ4v) is 2.37. The number of carboxylic acid groups (broad SMARTS) is 1. The van der Waals surface area contributed by atoms with Gasteiger partial charge >= 0.3 is 5.97 Å². The van der Waals surface area contributed by atoms with Crippen LogP contribution in [0.3, 0.4) is 0 Å². The first kappa shape index (κ1) is 17.2. The number of halogens is 2. The molecule has 20 heavy (non-hydrogen) atoms. The standard InChI is InChI=1S/C14H16BrNO3.ClH/c15-12-3-1-10(2-4-12)13(17)9-16-7-5-11(6-8-16)14(18)19;/h1-5,13,17H,6-9H2,(H,18,19);1H. The second-order valence-corrected chi connectivity index (χ2v) is 5.53. The van der Waals surface area contributed by atoms with E-state index < -0.39 is 12.1 Å². The van der Waals surface area contributed by atoms with Gasteiger partial charge in [0.2, 0.25) is 0 Å². The van der Waals surface area contributed by atoms with Gasteiger partial charge in [-0.1, -0.05) is 34.1 Å². The van der Waals surface area contributed by atoms with E-state index >= 15 is 0 Å². The van der Waals surface area contributed by atoms with E-state index in [2.05, 4.69) is 20.8 Å². The average Bonchev–Trinajstić information content (AvgIpc) is 2.40. The van der Waals surface area contributed by atoms with Crippen LogP contribution < -0.4 is 0 Å². The van der Waals surface area contributed by atoms with E-state index in [0.717, 1.165) is 10.0 Å². The molecule has 0 radical (unpaired) electrons. The largest absolute Gasteiger partial charge is 0.478 e. The molecule has 1 aromatic carbocycles. The van der Waals surface area contributed by atoms with Crippen LogP contribution in [0.5, 0.6) is 0 Å². The van der Waals surface area contributed by atoms with E-state index in [1.807, 2.05) is 24.3 Å². The monoisotopic (exact) mass is 361 g/mol. The average molecular weight is 363 g/mol. The zero-order valence-electron chi connectivity index (χ0n) is 10.8. The molecular formula is C14H17BrClNO3. The lowest BCUT2D eigenvalue weighted by atomic mass is 10.1. The van der Waals surface area contributed by atoms with Gasteiger partial charge in [-0.05, 0) is 24.1 Å². The van der Waals surface area contributed by atoms with Crippen LogP contribution in [0, 0.1) is 0 Å². The highest BCUT2D eigenvalue weighted by Crippen LogP contribution is 2.19. The topological polar surface area (TPSA) is 60.8 Å². The first-order chi connectivity index (χ1) is 9.06. The second-order valence-electron chi connectivity index (χ2n) is 4.61. The molecule has 0 saturated carbocycles. The highest BCUT2D eigenvalue weighted by atomic mass is 79.9. The molecule has 6 heteroatoms. The van der Waals surface area contributed by atoms with Crippen LogP contribution in [0.2, 0.25) is 0 Å². The third-order valence-electron chi connectivity index (χ3n) is 3.25. The van der Waals surface area contributed by atoms with Crippen molar-refractivity contribution in [3.63, 3.8) is 0 Å². The number of aliphatic hydroxyl groups excluding tert-OH is 1. The lowest BCUT2D eigenvalue weighted by Crippen LogP contribution is -2.33. The van der Waals surface area contributed by atoms with Gasteiger partial charge in [-0.25, -0.2) is 4.79 Å². The molecule has 1 aliphatic rings. The van der Waals surface area contributed by atoms with Crippen LogP contribution in [0.15, 0.2) is 40.4 Å². The zero-order chi connectivity index (χ0) is 13.8. The van der Waals surface area contributed by atoms with Gasteiger partial charge in [0.25, 0.3) is 0 Å². The molecule has 0 fully saturated rings. The Morgan fingerprint density at radius 2 is 2.00 bits per heavy atom. The molecule has 110 valence electrons. The molecule has 1 atom stereocenters. The van der Waals surface area contributed by atoms with E-state index in [1.165, 1.54) is 0 Å². The Balaban J connectivity index is 0.00000200. The summed E-state index contributed by atoms with van der Waals surface area (Å²) in [5, 5.41) is 19.0. The van der Waals surface area contributed by atoms with E-state index in [4.69, 9.17) is 5.11 Å². The van der Waals surface area contributed by atoms with Crippen molar-refractivity contribution in [3.05, 3.63) is 46.0 Å². The van der Waals surface area contributed by atoms with E-state index in [0.29, 0.717) is 31.6 Å². The minimum Gasteiger partial charge on any atom is -0.478 e. The number of carbonyl (C=O) groups is 1. The molecule has 0 bridgehead atoms. The second kappa shape index (κ2) is 7.78. The zero-order valence-corrected chi connectivity index (χ0v) is 13.2. The Morgan fingerprint density at radius 3 is 2.50 bits per heavy atom. The predicted molar refractivity (Wildman–Crippen MR) is 83.1 cm³/mol. The van der Waals surface area contributed by atoms with E-state index in [1.54, 1.807) is 6.08 Å². The van der Waals surface area contributed by atoms with Gasteiger partial charge in [-0.3, -0.25) is 4.90 Å². The molecule has 0 saturated heterocycles. The maximum atomic E-state index is 10.8. The fourth-order valence-electron chi connectivity index (χ4n) is 2.11. The van der Waals surface area contributed by atoms with Crippen molar-refractivity contribution in [1.29, 1.82) is 0 Å². The van der Waals surface area contributed by atoms with Crippen LogP contribution >= 0.6 is 28.3 Å². The van der Waals surface area contributed by atoms with Gasteiger partial charge < -0.3 is 10.2 Å². The van der Waals surface area contributed by atoms with Gasteiger partial charge in [-0.2, -0.15) is 0 Å². The summed E-state index contributed by atoms with van der Waals surface area (Å²) in [6.07, 6.45) is 1.70. The molecule has 1 heterocycles. The minimum absolute atomic E-state index is 0. The molecule has 0 aromatic heterocycles. The molecule has 0 spiro atoms. The van der Waals surface area contributed by atoms with Crippen molar-refractivity contribution < 1.29 is 15.0 Å². The van der Waals surface area contributed by atoms with Crippen molar-refractivity contribution in [2.24, 2.45) is 0 Å². The highest BCUT2D eigenvalue weighted by Gasteiger charge is 2.19. The van der Waals surface area contributed by atoms with E-state index in [-0.39, 0.29) is 12.4 Å². The number of hydrogen-bond donors (Lipinski definition) is 2. The number of carboxylic acids is 1. The number of aliphatic hydroxyl groups is 1. The molecule has 2 N–H and O–H groups in total. The predicted octanol–water partition coefficient (Wildman–Crippen LogP) is 2.62. The summed E-state index contributed by atoms with van der Waals surface area (Å²) in [6, 6.07) is 7.57. The van der Waals surface area contributed by atoms with Crippen LogP contribution in [0.1, 0.15) is 18.1 Å².